The molecule has 1 atom stereocenters. The minimum atomic E-state index is -3.39. The Morgan fingerprint density at radius 3 is 2.38 bits per heavy atom. The molecule has 1 unspecified atom stereocenters. The average molecular weight is 258 g/mol. The Labute approximate surface area is 101 Å². The van der Waals surface area contributed by atoms with E-state index < -0.39 is 15.1 Å². The molecular weight excluding hydrogens is 246 g/mol. The Morgan fingerprint density at radius 1 is 1.38 bits per heavy atom. The molecule has 0 aliphatic heterocycles. The van der Waals surface area contributed by atoms with E-state index in [9.17, 15) is 8.42 Å². The number of halogens is 1. The highest BCUT2D eigenvalue weighted by molar-refractivity contribution is 7.91. The van der Waals surface area contributed by atoms with Gasteiger partial charge in [0.25, 0.3) is 0 Å². The molecular formula is C11H12ClNO2S. The van der Waals surface area contributed by atoms with Gasteiger partial charge in [-0.25, -0.2) is 8.42 Å². The second kappa shape index (κ2) is 5.33. The van der Waals surface area contributed by atoms with Crippen molar-refractivity contribution < 1.29 is 8.42 Å². The molecule has 0 fully saturated rings. The van der Waals surface area contributed by atoms with Crippen molar-refractivity contribution >= 4 is 21.4 Å². The summed E-state index contributed by atoms with van der Waals surface area (Å²) in [5.41, 5.74) is 0.651. The molecule has 1 aromatic carbocycles. The molecule has 1 rings (SSSR count). The first-order valence-electron chi connectivity index (χ1n) is 4.85. The van der Waals surface area contributed by atoms with Crippen molar-refractivity contribution in [1.82, 2.24) is 0 Å². The first-order valence-corrected chi connectivity index (χ1v) is 6.94. The fraction of sp³-hybridized carbons (Fsp3) is 0.364. The molecule has 0 heterocycles. The molecule has 0 aromatic heterocycles. The maximum Gasteiger partial charge on any atom is 0.170 e. The monoisotopic (exact) mass is 257 g/mol. The van der Waals surface area contributed by atoms with Gasteiger partial charge in [0.15, 0.2) is 9.84 Å². The van der Waals surface area contributed by atoms with Gasteiger partial charge in [0.2, 0.25) is 0 Å². The van der Waals surface area contributed by atoms with Crippen molar-refractivity contribution in [3.8, 4) is 6.07 Å². The van der Waals surface area contributed by atoms with Crippen molar-refractivity contribution in [2.45, 2.75) is 24.3 Å². The van der Waals surface area contributed by atoms with E-state index in [-0.39, 0.29) is 5.75 Å². The van der Waals surface area contributed by atoms with Gasteiger partial charge in [-0.2, -0.15) is 5.26 Å². The van der Waals surface area contributed by atoms with Crippen LogP contribution >= 0.6 is 11.6 Å². The minimum Gasteiger partial charge on any atom is -0.227 e. The Hall–Kier alpha value is -1.05. The lowest BCUT2D eigenvalue weighted by Crippen LogP contribution is -2.20. The van der Waals surface area contributed by atoms with Crippen LogP contribution in [0.3, 0.4) is 0 Å². The van der Waals surface area contributed by atoms with Gasteiger partial charge in [-0.15, -0.1) is 0 Å². The second-order valence-electron chi connectivity index (χ2n) is 3.46. The van der Waals surface area contributed by atoms with Crippen LogP contribution in [-0.4, -0.2) is 13.7 Å². The molecule has 0 radical (unpaired) electrons. The van der Waals surface area contributed by atoms with Gasteiger partial charge in [-0.05, 0) is 24.1 Å². The van der Waals surface area contributed by atoms with Gasteiger partial charge in [0.05, 0.1) is 11.8 Å². The Kier molecular flexibility index (Phi) is 4.34. The van der Waals surface area contributed by atoms with Gasteiger partial charge in [-0.3, -0.25) is 0 Å². The second-order valence-corrected chi connectivity index (χ2v) is 6.08. The molecule has 0 aliphatic carbocycles. The predicted octanol–water partition coefficient (Wildman–Crippen LogP) is 2.56. The quantitative estimate of drug-likeness (QED) is 0.833. The van der Waals surface area contributed by atoms with Crippen LogP contribution in [0, 0.1) is 11.3 Å². The lowest BCUT2D eigenvalue weighted by atomic mass is 10.2. The number of benzene rings is 1. The lowest BCUT2D eigenvalue weighted by Gasteiger charge is -2.08. The minimum absolute atomic E-state index is 0.115. The first kappa shape index (κ1) is 13.0. The van der Waals surface area contributed by atoms with Crippen molar-refractivity contribution in [2.75, 3.05) is 0 Å². The zero-order valence-electron chi connectivity index (χ0n) is 8.85. The van der Waals surface area contributed by atoms with Gasteiger partial charge >= 0.3 is 0 Å². The van der Waals surface area contributed by atoms with Gasteiger partial charge in [0, 0.05) is 5.02 Å². The highest BCUT2D eigenvalue weighted by Gasteiger charge is 2.23. The van der Waals surface area contributed by atoms with Crippen LogP contribution in [0.5, 0.6) is 0 Å². The van der Waals surface area contributed by atoms with Crippen LogP contribution in [0.25, 0.3) is 0 Å². The third-order valence-corrected chi connectivity index (χ3v) is 4.52. The molecule has 86 valence electrons. The number of hydrogen-bond acceptors (Lipinski definition) is 3. The molecule has 0 saturated heterocycles. The summed E-state index contributed by atoms with van der Waals surface area (Å²) < 4.78 is 23.6. The third-order valence-electron chi connectivity index (χ3n) is 2.23. The van der Waals surface area contributed by atoms with E-state index in [4.69, 9.17) is 16.9 Å². The molecule has 0 bridgehead atoms. The van der Waals surface area contributed by atoms with Crippen molar-refractivity contribution in [3.05, 3.63) is 34.9 Å². The molecule has 0 saturated carbocycles. The van der Waals surface area contributed by atoms with E-state index in [1.165, 1.54) is 0 Å². The summed E-state index contributed by atoms with van der Waals surface area (Å²) in [5.74, 6) is -0.115. The summed E-state index contributed by atoms with van der Waals surface area (Å²) in [7, 11) is -3.39. The molecule has 0 N–H and O–H groups in total. The largest absolute Gasteiger partial charge is 0.227 e. The molecule has 1 aromatic rings. The molecule has 5 heteroatoms. The number of nitrogens with zero attached hydrogens (tertiary/aromatic N) is 1. The molecule has 3 nitrogen and oxygen atoms in total. The zero-order chi connectivity index (χ0) is 12.2. The van der Waals surface area contributed by atoms with Crippen molar-refractivity contribution in [3.63, 3.8) is 0 Å². The van der Waals surface area contributed by atoms with Gasteiger partial charge in [0.1, 0.15) is 5.25 Å². The first-order chi connectivity index (χ1) is 7.49. The number of nitriles is 1. The van der Waals surface area contributed by atoms with E-state index >= 15 is 0 Å². The maximum atomic E-state index is 11.8. The maximum absolute atomic E-state index is 11.8. The van der Waals surface area contributed by atoms with Crippen LogP contribution < -0.4 is 0 Å². The SMILES string of the molecule is CCC(C#N)S(=O)(=O)Cc1ccc(Cl)cc1. The summed E-state index contributed by atoms with van der Waals surface area (Å²) in [6.45, 7) is 1.69. The summed E-state index contributed by atoms with van der Waals surface area (Å²) in [6, 6.07) is 8.40. The Morgan fingerprint density at radius 2 is 1.94 bits per heavy atom. The number of sulfone groups is 1. The molecule has 0 aliphatic rings. The van der Waals surface area contributed by atoms with Crippen LogP contribution in [0.2, 0.25) is 5.02 Å². The Bertz CT molecular complexity index is 488. The lowest BCUT2D eigenvalue weighted by molar-refractivity contribution is 0.586. The summed E-state index contributed by atoms with van der Waals surface area (Å²) >= 11 is 5.70. The standard InChI is InChI=1S/C11H12ClNO2S/c1-2-11(7-13)16(14,15)8-9-3-5-10(12)6-4-9/h3-6,11H,2,8H2,1H3. The van der Waals surface area contributed by atoms with E-state index in [1.807, 2.05) is 6.07 Å². The highest BCUT2D eigenvalue weighted by Crippen LogP contribution is 2.15. The smallest absolute Gasteiger partial charge is 0.170 e. The van der Waals surface area contributed by atoms with Gasteiger partial charge in [-0.1, -0.05) is 30.7 Å². The zero-order valence-corrected chi connectivity index (χ0v) is 10.4. The summed E-state index contributed by atoms with van der Waals surface area (Å²) in [5, 5.41) is 8.37. The Balaban J connectivity index is 2.89. The fourth-order valence-corrected chi connectivity index (χ4v) is 2.99. The van der Waals surface area contributed by atoms with Gasteiger partial charge < -0.3 is 0 Å². The van der Waals surface area contributed by atoms with Crippen LogP contribution in [0.4, 0.5) is 0 Å². The van der Waals surface area contributed by atoms with Crippen LogP contribution in [0.1, 0.15) is 18.9 Å². The van der Waals surface area contributed by atoms with Crippen molar-refractivity contribution in [2.24, 2.45) is 0 Å². The molecule has 0 spiro atoms. The average Bonchev–Trinajstić information content (AvgIpc) is 2.22. The molecule has 16 heavy (non-hydrogen) atoms. The highest BCUT2D eigenvalue weighted by atomic mass is 35.5. The topological polar surface area (TPSA) is 57.9 Å². The number of rotatable bonds is 4. The predicted molar refractivity (Wildman–Crippen MR) is 63.8 cm³/mol. The summed E-state index contributed by atoms with van der Waals surface area (Å²) in [4.78, 5) is 0. The van der Waals surface area contributed by atoms with E-state index in [0.29, 0.717) is 17.0 Å². The summed E-state index contributed by atoms with van der Waals surface area (Å²) in [6.07, 6.45) is 0.312. The fourth-order valence-electron chi connectivity index (χ4n) is 1.34. The normalized spacial score (nSPS) is 13.1. The van der Waals surface area contributed by atoms with E-state index in [2.05, 4.69) is 0 Å². The van der Waals surface area contributed by atoms with E-state index in [0.717, 1.165) is 0 Å². The molecule has 0 amide bonds. The third kappa shape index (κ3) is 3.22. The van der Waals surface area contributed by atoms with E-state index in [1.54, 1.807) is 31.2 Å². The van der Waals surface area contributed by atoms with Crippen LogP contribution in [0.15, 0.2) is 24.3 Å². The van der Waals surface area contributed by atoms with Crippen LogP contribution in [-0.2, 0) is 15.6 Å². The van der Waals surface area contributed by atoms with Crippen molar-refractivity contribution in [1.29, 1.82) is 5.26 Å². The number of hydrogen-bond donors (Lipinski definition) is 0.